The molecule has 0 spiro atoms. The molecule has 0 saturated carbocycles. The Balaban J connectivity index is 1.42. The zero-order valence-corrected chi connectivity index (χ0v) is 30.6. The van der Waals surface area contributed by atoms with Gasteiger partial charge in [0.25, 0.3) is 0 Å². The summed E-state index contributed by atoms with van der Waals surface area (Å²) in [5, 5.41) is 6.35. The Labute approximate surface area is 320 Å². The van der Waals surface area contributed by atoms with Gasteiger partial charge in [-0.3, -0.25) is 19.5 Å². The summed E-state index contributed by atoms with van der Waals surface area (Å²) in [6.07, 6.45) is -4.15. The molecule has 0 unspecified atom stereocenters. The Morgan fingerprint density at radius 3 is 2.20 bits per heavy atom. The van der Waals surface area contributed by atoms with Crippen LogP contribution in [0.3, 0.4) is 0 Å². The number of anilines is 1. The number of esters is 1. The summed E-state index contributed by atoms with van der Waals surface area (Å²) in [7, 11) is 1.18. The third-order valence-electron chi connectivity index (χ3n) is 9.45. The second-order valence-corrected chi connectivity index (χ2v) is 13.2. The second-order valence-electron chi connectivity index (χ2n) is 12.9. The first-order valence-electron chi connectivity index (χ1n) is 17.4. The molecule has 16 nitrogen and oxygen atoms in total. The Morgan fingerprint density at radius 2 is 1.60 bits per heavy atom. The van der Waals surface area contributed by atoms with Crippen LogP contribution in [0.1, 0.15) is 29.8 Å². The van der Waals surface area contributed by atoms with Crippen LogP contribution >= 0.6 is 11.6 Å². The minimum Gasteiger partial charge on any atom is -0.469 e. The van der Waals surface area contributed by atoms with Crippen LogP contribution in [0.5, 0.6) is 0 Å². The highest BCUT2D eigenvalue weighted by atomic mass is 35.5. The first-order chi connectivity index (χ1) is 26.8. The van der Waals surface area contributed by atoms with Crippen molar-refractivity contribution in [2.45, 2.75) is 69.0 Å². The van der Waals surface area contributed by atoms with Crippen LogP contribution in [0.15, 0.2) is 102 Å². The van der Waals surface area contributed by atoms with E-state index in [1.807, 2.05) is 91.0 Å². The van der Waals surface area contributed by atoms with Crippen LogP contribution in [0, 0.1) is 0 Å². The highest BCUT2D eigenvalue weighted by molar-refractivity contribution is 6.33. The number of imidazole rings is 1. The molecule has 5 aromatic rings. The monoisotopic (exact) mass is 768 g/mol. The topological polar surface area (TPSA) is 194 Å². The Kier molecular flexibility index (Phi) is 11.6. The lowest BCUT2D eigenvalue weighted by Gasteiger charge is -2.53. The molecule has 2 aliphatic rings. The van der Waals surface area contributed by atoms with E-state index < -0.39 is 54.2 Å². The minimum absolute atomic E-state index is 0.0119. The largest absolute Gasteiger partial charge is 0.469 e. The summed E-state index contributed by atoms with van der Waals surface area (Å²) in [6, 6.07) is 27.0. The highest BCUT2D eigenvalue weighted by Crippen LogP contribution is 2.50. The molecule has 284 valence electrons. The number of carbonyl (C=O) groups is 2. The van der Waals surface area contributed by atoms with Crippen LogP contribution in [-0.2, 0) is 57.8 Å². The molecule has 0 bridgehead atoms. The first-order valence-corrected chi connectivity index (χ1v) is 17.8. The van der Waals surface area contributed by atoms with Gasteiger partial charge in [0.1, 0.15) is 29.9 Å². The third kappa shape index (κ3) is 7.88. The van der Waals surface area contributed by atoms with E-state index in [0.29, 0.717) is 0 Å². The molecule has 4 heterocycles. The minimum atomic E-state index is -1.57. The maximum atomic E-state index is 13.6. The molecule has 7 atom stereocenters. The van der Waals surface area contributed by atoms with E-state index in [0.717, 1.165) is 16.7 Å². The molecular weight excluding hydrogens is 732 g/mol. The maximum Gasteiger partial charge on any atom is 0.317 e. The molecule has 7 rings (SSSR count). The van der Waals surface area contributed by atoms with Crippen molar-refractivity contribution in [2.75, 3.05) is 19.0 Å². The van der Waals surface area contributed by atoms with Gasteiger partial charge in [0.05, 0.1) is 39.9 Å². The number of aromatic nitrogens is 4. The Bertz CT molecular complexity index is 2160. The number of hydrogen-bond donors (Lipinski definition) is 1. The molecule has 3 aromatic carbocycles. The number of carbonyl (C=O) groups excluding carboxylic acids is 2. The van der Waals surface area contributed by atoms with E-state index in [-0.39, 0.29) is 48.7 Å². The van der Waals surface area contributed by atoms with Gasteiger partial charge in [-0.05, 0) is 22.2 Å². The summed E-state index contributed by atoms with van der Waals surface area (Å²) in [5.41, 5.74) is 11.1. The van der Waals surface area contributed by atoms with Crippen molar-refractivity contribution < 1.29 is 38.0 Å². The van der Waals surface area contributed by atoms with Crippen molar-refractivity contribution in [1.29, 1.82) is 0 Å². The van der Waals surface area contributed by atoms with Crippen LogP contribution < -0.4 is 5.32 Å². The number of nitrogens with one attached hydrogen (secondary N) is 1. The lowest BCUT2D eigenvalue weighted by atomic mass is 9.78. The van der Waals surface area contributed by atoms with Crippen molar-refractivity contribution in [3.05, 3.63) is 130 Å². The molecule has 0 aliphatic carbocycles. The molecule has 1 amide bonds. The van der Waals surface area contributed by atoms with Gasteiger partial charge in [0, 0.05) is 11.8 Å². The van der Waals surface area contributed by atoms with Gasteiger partial charge in [-0.15, -0.1) is 0 Å². The summed E-state index contributed by atoms with van der Waals surface area (Å²) in [5.74, 6) is -1.32. The maximum absolute atomic E-state index is 13.6. The molecule has 0 radical (unpaired) electrons. The summed E-state index contributed by atoms with van der Waals surface area (Å²) < 4.78 is 40.8. The van der Waals surface area contributed by atoms with Crippen molar-refractivity contribution in [1.82, 2.24) is 19.5 Å². The number of azide groups is 1. The third-order valence-corrected chi connectivity index (χ3v) is 9.71. The average Bonchev–Trinajstić information content (AvgIpc) is 3.80. The normalized spacial score (nSPS) is 23.7. The lowest BCUT2D eigenvalue weighted by Crippen LogP contribution is -2.71. The summed E-state index contributed by atoms with van der Waals surface area (Å²) >= 11 is 6.76. The fourth-order valence-electron chi connectivity index (χ4n) is 7.00. The van der Waals surface area contributed by atoms with Crippen LogP contribution in [0.4, 0.5) is 5.95 Å². The van der Waals surface area contributed by atoms with Crippen molar-refractivity contribution in [3.63, 3.8) is 0 Å². The zero-order valence-electron chi connectivity index (χ0n) is 29.8. The predicted molar refractivity (Wildman–Crippen MR) is 197 cm³/mol. The number of ether oxygens (including phenoxy) is 6. The van der Waals surface area contributed by atoms with Crippen LogP contribution in [-0.4, -0.2) is 81.2 Å². The number of hydrogen-bond acceptors (Lipinski definition) is 12. The van der Waals surface area contributed by atoms with Crippen LogP contribution in [0.25, 0.3) is 21.6 Å². The zero-order chi connectivity index (χ0) is 38.4. The fraction of sp³-hybridized carbons (Fsp3) is 0.342. The Hall–Kier alpha value is -5.45. The van der Waals surface area contributed by atoms with Gasteiger partial charge in [-0.1, -0.05) is 108 Å². The molecule has 2 fully saturated rings. The van der Waals surface area contributed by atoms with Gasteiger partial charge in [0.2, 0.25) is 11.9 Å². The molecule has 2 aliphatic heterocycles. The van der Waals surface area contributed by atoms with Gasteiger partial charge < -0.3 is 28.4 Å². The van der Waals surface area contributed by atoms with Crippen molar-refractivity contribution >= 4 is 40.6 Å². The molecule has 17 heteroatoms. The highest BCUT2D eigenvalue weighted by Gasteiger charge is 2.69. The predicted octanol–water partition coefficient (Wildman–Crippen LogP) is 5.71. The van der Waals surface area contributed by atoms with E-state index in [1.54, 1.807) is 4.57 Å². The summed E-state index contributed by atoms with van der Waals surface area (Å²) in [4.78, 5) is 41.5. The molecule has 2 saturated heterocycles. The molecule has 55 heavy (non-hydrogen) atoms. The van der Waals surface area contributed by atoms with Gasteiger partial charge in [-0.2, -0.15) is 9.97 Å². The second kappa shape index (κ2) is 16.9. The number of methoxy groups -OCH3 is 1. The van der Waals surface area contributed by atoms with E-state index in [4.69, 9.17) is 40.0 Å². The Morgan fingerprint density at radius 1 is 0.982 bits per heavy atom. The fourth-order valence-corrected chi connectivity index (χ4v) is 7.27. The number of fused-ring (bicyclic) bond motifs is 2. The van der Waals surface area contributed by atoms with Gasteiger partial charge >= 0.3 is 5.97 Å². The van der Waals surface area contributed by atoms with Crippen molar-refractivity contribution in [2.24, 2.45) is 5.11 Å². The van der Waals surface area contributed by atoms with E-state index in [9.17, 15) is 15.1 Å². The molecule has 1 N–H and O–H groups in total. The smallest absolute Gasteiger partial charge is 0.317 e. The average molecular weight is 769 g/mol. The van der Waals surface area contributed by atoms with E-state index >= 15 is 0 Å². The number of rotatable bonds is 14. The quantitative estimate of drug-likeness (QED) is 0.0478. The van der Waals surface area contributed by atoms with Gasteiger partial charge in [0.15, 0.2) is 28.7 Å². The SMILES string of the molecule is COC(=O)[C@@H](N=[N+]=[N-])[C@@H]1O[C@@H](n2cnc3nc(NC(C)=O)nc(Cl)c32)[C@@H]2OC[C@H](OCc3ccccc3)[C@]2(OCc2ccccc2)[C@@H]1OCc1ccccc1. The van der Waals surface area contributed by atoms with E-state index in [2.05, 4.69) is 30.3 Å². The first kappa shape index (κ1) is 37.8. The number of halogens is 1. The number of nitrogens with zero attached hydrogens (tertiary/aromatic N) is 7. The van der Waals surface area contributed by atoms with Crippen molar-refractivity contribution in [3.8, 4) is 0 Å². The molecular formula is C38H37ClN8O8. The van der Waals surface area contributed by atoms with Gasteiger partial charge in [-0.25, -0.2) is 4.98 Å². The number of amides is 1. The van der Waals surface area contributed by atoms with E-state index in [1.165, 1.54) is 20.4 Å². The molecule has 2 aromatic heterocycles. The summed E-state index contributed by atoms with van der Waals surface area (Å²) in [6.45, 7) is 1.62. The number of benzene rings is 3. The lowest BCUT2D eigenvalue weighted by molar-refractivity contribution is -0.316. The van der Waals surface area contributed by atoms with Crippen LogP contribution in [0.2, 0.25) is 5.15 Å². The standard InChI is InChI=1S/C38H37ClN8O8/c1-23(48)42-37-43-33(39)29-34(44-37)41-22-47(29)35-32-38(54-20-26-16-10-5-11-17-26,27(21-53-32)51-18-24-12-6-3-7-13-24)31(52-19-25-14-8-4-9-15-25)30(55-35)28(45-46-40)36(49)50-2/h3-17,22,27-28,30-32,35H,18-21H2,1-2H3,(H,42,43,44,48)/t27-,28-,30-,31+,32-,35+,38-/m0/s1.